The van der Waals surface area contributed by atoms with Gasteiger partial charge in [-0.1, -0.05) is 61.4 Å². The molecule has 0 fully saturated rings. The Balaban J connectivity index is 3.29. The summed E-state index contributed by atoms with van der Waals surface area (Å²) in [4.78, 5) is 13.6. The van der Waals surface area contributed by atoms with Crippen LogP contribution in [0.3, 0.4) is 0 Å². The van der Waals surface area contributed by atoms with Crippen LogP contribution in [0.5, 0.6) is 0 Å². The van der Waals surface area contributed by atoms with Gasteiger partial charge in [-0.15, -0.1) is 0 Å². The van der Waals surface area contributed by atoms with Crippen molar-refractivity contribution < 1.29 is 4.79 Å². The van der Waals surface area contributed by atoms with E-state index in [2.05, 4.69) is 22.9 Å². The highest BCUT2D eigenvalue weighted by Gasteiger charge is 2.06. The second-order valence-electron chi connectivity index (χ2n) is 5.08. The second-order valence-corrected chi connectivity index (χ2v) is 5.88. The van der Waals surface area contributed by atoms with Gasteiger partial charge in [0.25, 0.3) is 0 Å². The largest absolute Gasteiger partial charge is 0.346 e. The van der Waals surface area contributed by atoms with Crippen molar-refractivity contribution in [1.29, 1.82) is 0 Å². The molecule has 0 aromatic heterocycles. The number of hydrogen-bond donors (Lipinski definition) is 0. The fraction of sp³-hybridized carbons (Fsp3) is 0.933. The molecule has 0 aliphatic rings. The fourth-order valence-electron chi connectivity index (χ4n) is 1.97. The number of halogens is 1. The van der Waals surface area contributed by atoms with Crippen molar-refractivity contribution in [3.8, 4) is 0 Å². The van der Waals surface area contributed by atoms with Gasteiger partial charge in [-0.3, -0.25) is 4.79 Å². The number of carbonyl (C=O) groups excluding carboxylic acids is 1. The van der Waals surface area contributed by atoms with Gasteiger partial charge < -0.3 is 4.90 Å². The van der Waals surface area contributed by atoms with E-state index in [1.54, 1.807) is 0 Å². The quantitative estimate of drug-likeness (QED) is 0.375. The summed E-state index contributed by atoms with van der Waals surface area (Å²) >= 11 is 3.45. The molecule has 0 spiro atoms. The lowest BCUT2D eigenvalue weighted by Crippen LogP contribution is -2.27. The third-order valence-electron chi connectivity index (χ3n) is 3.30. The Morgan fingerprint density at radius 3 is 2.06 bits per heavy atom. The normalized spacial score (nSPS) is 10.6. The first-order valence-electron chi connectivity index (χ1n) is 7.52. The highest BCUT2D eigenvalue weighted by molar-refractivity contribution is 9.09. The van der Waals surface area contributed by atoms with Crippen molar-refractivity contribution in [3.63, 3.8) is 0 Å². The standard InChI is InChI=1S/C15H30BrNO/c1-3-4-14-17(2)15(18)12-10-8-6-5-7-9-11-13-16/h3-14H2,1-2H3. The second kappa shape index (κ2) is 13.4. The minimum Gasteiger partial charge on any atom is -0.346 e. The zero-order valence-corrected chi connectivity index (χ0v) is 13.8. The van der Waals surface area contributed by atoms with Gasteiger partial charge in [0.1, 0.15) is 0 Å². The number of nitrogens with zero attached hydrogens (tertiary/aromatic N) is 1. The van der Waals surface area contributed by atoms with E-state index in [0.29, 0.717) is 5.91 Å². The highest BCUT2D eigenvalue weighted by atomic mass is 79.9. The lowest BCUT2D eigenvalue weighted by molar-refractivity contribution is -0.130. The Morgan fingerprint density at radius 2 is 1.50 bits per heavy atom. The van der Waals surface area contributed by atoms with Crippen LogP contribution in [0.1, 0.15) is 71.1 Å². The average molecular weight is 320 g/mol. The van der Waals surface area contributed by atoms with Gasteiger partial charge >= 0.3 is 0 Å². The summed E-state index contributed by atoms with van der Waals surface area (Å²) in [6, 6.07) is 0. The van der Waals surface area contributed by atoms with Crippen LogP contribution in [-0.2, 0) is 4.79 Å². The Labute approximate surface area is 122 Å². The molecule has 0 bridgehead atoms. The molecular weight excluding hydrogens is 290 g/mol. The maximum Gasteiger partial charge on any atom is 0.222 e. The van der Waals surface area contributed by atoms with E-state index in [0.717, 1.165) is 37.6 Å². The summed E-state index contributed by atoms with van der Waals surface area (Å²) in [7, 11) is 1.93. The minimum atomic E-state index is 0.322. The number of carbonyl (C=O) groups is 1. The van der Waals surface area contributed by atoms with E-state index in [9.17, 15) is 4.79 Å². The van der Waals surface area contributed by atoms with Crippen molar-refractivity contribution in [3.05, 3.63) is 0 Å². The number of amides is 1. The molecule has 0 aromatic rings. The van der Waals surface area contributed by atoms with Crippen LogP contribution < -0.4 is 0 Å². The van der Waals surface area contributed by atoms with Gasteiger partial charge in [-0.2, -0.15) is 0 Å². The third kappa shape index (κ3) is 11.1. The van der Waals surface area contributed by atoms with Gasteiger partial charge in [-0.05, 0) is 19.3 Å². The molecule has 0 atom stereocenters. The Bertz CT molecular complexity index is 197. The summed E-state index contributed by atoms with van der Waals surface area (Å²) in [5, 5.41) is 1.13. The number of hydrogen-bond acceptors (Lipinski definition) is 1. The lowest BCUT2D eigenvalue weighted by Gasteiger charge is -2.16. The predicted octanol–water partition coefficient (Wildman–Crippen LogP) is 4.76. The molecule has 3 heteroatoms. The topological polar surface area (TPSA) is 20.3 Å². The summed E-state index contributed by atoms with van der Waals surface area (Å²) < 4.78 is 0. The van der Waals surface area contributed by atoms with Crippen molar-refractivity contribution in [2.45, 2.75) is 71.1 Å². The monoisotopic (exact) mass is 319 g/mol. The molecule has 18 heavy (non-hydrogen) atoms. The van der Waals surface area contributed by atoms with E-state index >= 15 is 0 Å². The van der Waals surface area contributed by atoms with E-state index < -0.39 is 0 Å². The van der Waals surface area contributed by atoms with Crippen LogP contribution in [-0.4, -0.2) is 29.7 Å². The molecule has 2 nitrogen and oxygen atoms in total. The first-order valence-corrected chi connectivity index (χ1v) is 8.64. The molecule has 0 radical (unpaired) electrons. The van der Waals surface area contributed by atoms with Crippen molar-refractivity contribution in [2.75, 3.05) is 18.9 Å². The summed E-state index contributed by atoms with van der Waals surface area (Å²) in [6.07, 6.45) is 11.9. The molecule has 0 aromatic carbocycles. The van der Waals surface area contributed by atoms with Crippen molar-refractivity contribution in [2.24, 2.45) is 0 Å². The lowest BCUT2D eigenvalue weighted by atomic mass is 10.1. The molecule has 0 saturated heterocycles. The minimum absolute atomic E-state index is 0.322. The average Bonchev–Trinajstić information content (AvgIpc) is 2.38. The maximum atomic E-state index is 11.7. The van der Waals surface area contributed by atoms with Crippen LogP contribution in [0.2, 0.25) is 0 Å². The molecule has 0 unspecified atom stereocenters. The van der Waals surface area contributed by atoms with Crippen LogP contribution in [0.15, 0.2) is 0 Å². The van der Waals surface area contributed by atoms with E-state index in [-0.39, 0.29) is 0 Å². The fourth-order valence-corrected chi connectivity index (χ4v) is 2.36. The Kier molecular flexibility index (Phi) is 13.3. The van der Waals surface area contributed by atoms with Gasteiger partial charge in [0.05, 0.1) is 0 Å². The van der Waals surface area contributed by atoms with E-state index in [4.69, 9.17) is 0 Å². The predicted molar refractivity (Wildman–Crippen MR) is 83.3 cm³/mol. The molecule has 0 heterocycles. The van der Waals surface area contributed by atoms with E-state index in [1.165, 1.54) is 38.5 Å². The van der Waals surface area contributed by atoms with Gasteiger partial charge in [0.2, 0.25) is 5.91 Å². The molecular formula is C15H30BrNO. The SMILES string of the molecule is CCCCN(C)C(=O)CCCCCCCCCBr. The van der Waals surface area contributed by atoms with Crippen LogP contribution in [0.4, 0.5) is 0 Å². The van der Waals surface area contributed by atoms with Gasteiger partial charge in [0, 0.05) is 25.3 Å². The number of alkyl halides is 1. The molecule has 0 saturated carbocycles. The summed E-state index contributed by atoms with van der Waals surface area (Å²) in [5.74, 6) is 0.322. The van der Waals surface area contributed by atoms with Gasteiger partial charge in [0.15, 0.2) is 0 Å². The smallest absolute Gasteiger partial charge is 0.222 e. The Hall–Kier alpha value is -0.0500. The van der Waals surface area contributed by atoms with E-state index in [1.807, 2.05) is 11.9 Å². The molecule has 0 N–H and O–H groups in total. The molecule has 108 valence electrons. The molecule has 0 rings (SSSR count). The zero-order chi connectivity index (χ0) is 13.6. The van der Waals surface area contributed by atoms with Crippen molar-refractivity contribution >= 4 is 21.8 Å². The molecule has 0 aliphatic carbocycles. The third-order valence-corrected chi connectivity index (χ3v) is 3.86. The maximum absolute atomic E-state index is 11.7. The van der Waals surface area contributed by atoms with Crippen molar-refractivity contribution in [1.82, 2.24) is 4.90 Å². The number of unbranched alkanes of at least 4 members (excludes halogenated alkanes) is 7. The van der Waals surface area contributed by atoms with Crippen LogP contribution >= 0.6 is 15.9 Å². The first-order chi connectivity index (χ1) is 8.72. The molecule has 0 aliphatic heterocycles. The van der Waals surface area contributed by atoms with Gasteiger partial charge in [-0.25, -0.2) is 0 Å². The Morgan fingerprint density at radius 1 is 0.944 bits per heavy atom. The summed E-state index contributed by atoms with van der Waals surface area (Å²) in [5.41, 5.74) is 0. The van der Waals surface area contributed by atoms with Crippen LogP contribution in [0, 0.1) is 0 Å². The van der Waals surface area contributed by atoms with Crippen LogP contribution in [0.25, 0.3) is 0 Å². The first kappa shape index (κ1) is 17.9. The number of rotatable bonds is 12. The molecule has 1 amide bonds. The highest BCUT2D eigenvalue weighted by Crippen LogP contribution is 2.10. The zero-order valence-electron chi connectivity index (χ0n) is 12.2. The summed E-state index contributed by atoms with van der Waals surface area (Å²) in [6.45, 7) is 3.08.